The molecule has 0 spiro atoms. The maximum Gasteiger partial charge on any atom is 0.138 e. The third-order valence-corrected chi connectivity index (χ3v) is 2.63. The highest BCUT2D eigenvalue weighted by Crippen LogP contribution is 2.10. The highest BCUT2D eigenvalue weighted by molar-refractivity contribution is 7.79. The lowest BCUT2D eigenvalue weighted by atomic mass is 10.2. The molecular formula is C5H8NO3S-. The summed E-state index contributed by atoms with van der Waals surface area (Å²) in [5.74, 6) is 0. The van der Waals surface area contributed by atoms with Crippen molar-refractivity contribution < 1.29 is 13.6 Å². The molecule has 0 aliphatic carbocycles. The molecule has 1 rings (SSSR count). The van der Waals surface area contributed by atoms with Crippen LogP contribution in [0, 0.1) is 0 Å². The van der Waals surface area contributed by atoms with Crippen molar-refractivity contribution in [2.75, 3.05) is 6.54 Å². The molecule has 0 aromatic heterocycles. The second kappa shape index (κ2) is 3.23. The third-order valence-electron chi connectivity index (χ3n) is 1.60. The van der Waals surface area contributed by atoms with E-state index in [1.54, 1.807) is 0 Å². The second-order valence-electron chi connectivity index (χ2n) is 2.20. The van der Waals surface area contributed by atoms with Crippen molar-refractivity contribution in [3.8, 4) is 0 Å². The molecule has 0 bridgehead atoms. The van der Waals surface area contributed by atoms with Crippen molar-refractivity contribution in [2.45, 2.75) is 17.7 Å². The van der Waals surface area contributed by atoms with Gasteiger partial charge in [0.25, 0.3) is 0 Å². The summed E-state index contributed by atoms with van der Waals surface area (Å²) < 4.78 is 20.7. The van der Waals surface area contributed by atoms with Gasteiger partial charge in [0.05, 0.1) is 6.04 Å². The Morgan fingerprint density at radius 2 is 2.40 bits per heavy atom. The van der Waals surface area contributed by atoms with Crippen molar-refractivity contribution >= 4 is 17.4 Å². The van der Waals surface area contributed by atoms with Gasteiger partial charge in [0.2, 0.25) is 0 Å². The number of aldehydes is 1. The lowest BCUT2D eigenvalue weighted by Gasteiger charge is -2.15. The molecule has 1 fully saturated rings. The summed E-state index contributed by atoms with van der Waals surface area (Å²) >= 11 is -2.11. The summed E-state index contributed by atoms with van der Waals surface area (Å²) in [5.41, 5.74) is 0. The summed E-state index contributed by atoms with van der Waals surface area (Å²) in [7, 11) is 0. The normalized spacial score (nSPS) is 35.7. The topological polar surface area (TPSA) is 69.2 Å². The molecule has 3 atom stereocenters. The molecule has 0 amide bonds. The highest BCUT2D eigenvalue weighted by atomic mass is 32.2. The Balaban J connectivity index is 2.58. The molecule has 1 saturated heterocycles. The Kier molecular flexibility index (Phi) is 2.53. The maximum atomic E-state index is 10.4. The van der Waals surface area contributed by atoms with Crippen LogP contribution in [0.3, 0.4) is 0 Å². The SMILES string of the molecule is O=CC1NCCC1S(=O)[O-]. The number of hydrogen-bond acceptors (Lipinski definition) is 4. The van der Waals surface area contributed by atoms with Gasteiger partial charge in [-0.3, -0.25) is 4.21 Å². The number of carbonyl (C=O) groups excluding carboxylic acids is 1. The molecular weight excluding hydrogens is 154 g/mol. The average molecular weight is 162 g/mol. The van der Waals surface area contributed by atoms with E-state index in [-0.39, 0.29) is 0 Å². The Hall–Kier alpha value is -0.260. The van der Waals surface area contributed by atoms with E-state index in [4.69, 9.17) is 0 Å². The summed E-state index contributed by atoms with van der Waals surface area (Å²) in [6.07, 6.45) is 1.19. The minimum absolute atomic E-state index is 0.488. The lowest BCUT2D eigenvalue weighted by Crippen LogP contribution is -2.34. The first-order valence-electron chi connectivity index (χ1n) is 3.02. The van der Waals surface area contributed by atoms with Crippen LogP contribution in [0.5, 0.6) is 0 Å². The number of carbonyl (C=O) groups is 1. The molecule has 4 nitrogen and oxygen atoms in total. The molecule has 0 aromatic rings. The summed E-state index contributed by atoms with van der Waals surface area (Å²) in [5, 5.41) is 2.26. The number of rotatable bonds is 2. The first-order chi connectivity index (χ1) is 4.75. The van der Waals surface area contributed by atoms with Gasteiger partial charge < -0.3 is 14.7 Å². The van der Waals surface area contributed by atoms with E-state index in [2.05, 4.69) is 5.32 Å². The smallest absolute Gasteiger partial charge is 0.138 e. The van der Waals surface area contributed by atoms with E-state index in [0.717, 1.165) is 0 Å². The van der Waals surface area contributed by atoms with Crippen molar-refractivity contribution in [3.63, 3.8) is 0 Å². The molecule has 58 valence electrons. The fraction of sp³-hybridized carbons (Fsp3) is 0.800. The maximum absolute atomic E-state index is 10.4. The fourth-order valence-electron chi connectivity index (χ4n) is 1.05. The van der Waals surface area contributed by atoms with E-state index in [0.29, 0.717) is 19.3 Å². The van der Waals surface area contributed by atoms with Crippen LogP contribution in [-0.4, -0.2) is 32.9 Å². The monoisotopic (exact) mass is 162 g/mol. The van der Waals surface area contributed by atoms with Crippen LogP contribution in [0.1, 0.15) is 6.42 Å². The quantitative estimate of drug-likeness (QED) is 0.409. The molecule has 1 N–H and O–H groups in total. The zero-order valence-corrected chi connectivity index (χ0v) is 6.10. The van der Waals surface area contributed by atoms with Gasteiger partial charge in [-0.2, -0.15) is 0 Å². The summed E-state index contributed by atoms with van der Waals surface area (Å²) in [4.78, 5) is 10.2. The van der Waals surface area contributed by atoms with Gasteiger partial charge in [0.1, 0.15) is 6.29 Å². The van der Waals surface area contributed by atoms with Crippen LogP contribution < -0.4 is 5.32 Å². The standard InChI is InChI=1S/C5H9NO3S/c7-3-4-5(10(8)9)1-2-6-4/h3-6H,1-2H2,(H,8,9)/p-1. The van der Waals surface area contributed by atoms with E-state index < -0.39 is 22.4 Å². The first kappa shape index (κ1) is 7.84. The molecule has 5 heteroatoms. The van der Waals surface area contributed by atoms with Crippen LogP contribution in [-0.2, 0) is 15.9 Å². The summed E-state index contributed by atoms with van der Waals surface area (Å²) in [6, 6.07) is -0.488. The summed E-state index contributed by atoms with van der Waals surface area (Å²) in [6.45, 7) is 0.613. The number of nitrogens with one attached hydrogen (secondary N) is 1. The molecule has 1 heterocycles. The van der Waals surface area contributed by atoms with E-state index in [1.807, 2.05) is 0 Å². The molecule has 0 saturated carbocycles. The van der Waals surface area contributed by atoms with Crippen molar-refractivity contribution in [1.29, 1.82) is 0 Å². The van der Waals surface area contributed by atoms with Gasteiger partial charge in [0, 0.05) is 5.25 Å². The highest BCUT2D eigenvalue weighted by Gasteiger charge is 2.26. The van der Waals surface area contributed by atoms with Gasteiger partial charge in [-0.05, 0) is 13.0 Å². The van der Waals surface area contributed by atoms with Crippen molar-refractivity contribution in [3.05, 3.63) is 0 Å². The van der Waals surface area contributed by atoms with E-state index in [1.165, 1.54) is 0 Å². The van der Waals surface area contributed by atoms with Gasteiger partial charge in [-0.15, -0.1) is 0 Å². The molecule has 3 unspecified atom stereocenters. The molecule has 1 aliphatic rings. The molecule has 1 aliphatic heterocycles. The average Bonchev–Trinajstić information content (AvgIpc) is 2.33. The Labute approximate surface area is 61.3 Å². The zero-order chi connectivity index (χ0) is 7.56. The second-order valence-corrected chi connectivity index (χ2v) is 3.33. The predicted molar refractivity (Wildman–Crippen MR) is 35.2 cm³/mol. The van der Waals surface area contributed by atoms with Gasteiger partial charge in [-0.1, -0.05) is 11.1 Å². The van der Waals surface area contributed by atoms with Crippen LogP contribution in [0.2, 0.25) is 0 Å². The van der Waals surface area contributed by atoms with Crippen LogP contribution >= 0.6 is 0 Å². The van der Waals surface area contributed by atoms with Gasteiger partial charge in [0.15, 0.2) is 0 Å². The fourth-order valence-corrected chi connectivity index (χ4v) is 1.77. The Morgan fingerprint density at radius 3 is 2.80 bits per heavy atom. The third kappa shape index (κ3) is 1.42. The molecule has 10 heavy (non-hydrogen) atoms. The Morgan fingerprint density at radius 1 is 1.70 bits per heavy atom. The van der Waals surface area contributed by atoms with Crippen LogP contribution in [0.15, 0.2) is 0 Å². The zero-order valence-electron chi connectivity index (χ0n) is 5.28. The van der Waals surface area contributed by atoms with Crippen LogP contribution in [0.25, 0.3) is 0 Å². The molecule has 0 radical (unpaired) electrons. The largest absolute Gasteiger partial charge is 0.772 e. The van der Waals surface area contributed by atoms with Crippen molar-refractivity contribution in [2.24, 2.45) is 0 Å². The minimum atomic E-state index is -2.11. The predicted octanol–water partition coefficient (Wildman–Crippen LogP) is -1.21. The lowest BCUT2D eigenvalue weighted by molar-refractivity contribution is -0.109. The Bertz CT molecular complexity index is 161. The van der Waals surface area contributed by atoms with Gasteiger partial charge in [-0.25, -0.2) is 0 Å². The van der Waals surface area contributed by atoms with Crippen LogP contribution in [0.4, 0.5) is 0 Å². The van der Waals surface area contributed by atoms with Gasteiger partial charge >= 0.3 is 0 Å². The minimum Gasteiger partial charge on any atom is -0.772 e. The number of hydrogen-bond donors (Lipinski definition) is 1. The van der Waals surface area contributed by atoms with E-state index >= 15 is 0 Å². The molecule has 0 aromatic carbocycles. The first-order valence-corrected chi connectivity index (χ1v) is 4.16. The van der Waals surface area contributed by atoms with Crippen molar-refractivity contribution in [1.82, 2.24) is 5.32 Å². The van der Waals surface area contributed by atoms with E-state index in [9.17, 15) is 13.6 Å².